The van der Waals surface area contributed by atoms with E-state index in [1.165, 1.54) is 19.3 Å². The van der Waals surface area contributed by atoms with Crippen LogP contribution >= 0.6 is 12.6 Å². The molecule has 4 saturated carbocycles. The van der Waals surface area contributed by atoms with E-state index in [0.717, 1.165) is 37.0 Å². The molecule has 0 aromatic carbocycles. The van der Waals surface area contributed by atoms with E-state index in [1.54, 1.807) is 6.92 Å². The molecule has 6 nitrogen and oxygen atoms in total. The highest BCUT2D eigenvalue weighted by Crippen LogP contribution is 2.55. The van der Waals surface area contributed by atoms with Gasteiger partial charge in [0, 0.05) is 5.75 Å². The minimum absolute atomic E-state index is 0.0318. The number of rotatable bonds is 8. The van der Waals surface area contributed by atoms with Crippen molar-refractivity contribution >= 4 is 24.6 Å². The number of carbonyl (C=O) groups excluding carboxylic acids is 2. The summed E-state index contributed by atoms with van der Waals surface area (Å²) >= 11 is 4.13. The fourth-order valence-corrected chi connectivity index (χ4v) is 5.42. The molecule has 2 atom stereocenters. The predicted molar refractivity (Wildman–Crippen MR) is 109 cm³/mol. The number of nitrogens with one attached hydrogen (secondary N) is 1. The zero-order chi connectivity index (χ0) is 20.5. The summed E-state index contributed by atoms with van der Waals surface area (Å²) in [5.41, 5.74) is 2.55. The van der Waals surface area contributed by atoms with Gasteiger partial charge >= 0.3 is 11.9 Å². The minimum Gasteiger partial charge on any atom is -0.447 e. The Morgan fingerprint density at radius 2 is 1.61 bits per heavy atom. The summed E-state index contributed by atoms with van der Waals surface area (Å²) in [6.45, 7) is 7.36. The highest BCUT2D eigenvalue weighted by molar-refractivity contribution is 7.80. The Bertz CT molecular complexity index is 553. The van der Waals surface area contributed by atoms with Crippen LogP contribution < -0.4 is 5.48 Å². The van der Waals surface area contributed by atoms with E-state index in [0.29, 0.717) is 5.75 Å². The van der Waals surface area contributed by atoms with E-state index in [4.69, 9.17) is 14.3 Å². The lowest BCUT2D eigenvalue weighted by atomic mass is 9.53. The van der Waals surface area contributed by atoms with Crippen LogP contribution in [0.2, 0.25) is 0 Å². The van der Waals surface area contributed by atoms with Crippen LogP contribution in [0.25, 0.3) is 0 Å². The molecule has 0 heterocycles. The molecular weight excluding hydrogens is 378 g/mol. The van der Waals surface area contributed by atoms with Crippen LogP contribution in [0.3, 0.4) is 0 Å². The number of hydrogen-bond acceptors (Lipinski definition) is 7. The monoisotopic (exact) mass is 413 g/mol. The van der Waals surface area contributed by atoms with Crippen molar-refractivity contribution in [1.82, 2.24) is 5.48 Å². The molecule has 4 rings (SSSR count). The van der Waals surface area contributed by atoms with Crippen LogP contribution in [0.5, 0.6) is 0 Å². The van der Waals surface area contributed by atoms with Crippen molar-refractivity contribution in [2.75, 3.05) is 12.4 Å². The minimum atomic E-state index is -1.09. The molecule has 4 aliphatic carbocycles. The first-order valence-corrected chi connectivity index (χ1v) is 11.2. The maximum Gasteiger partial charge on any atom is 0.368 e. The van der Waals surface area contributed by atoms with Gasteiger partial charge in [0.05, 0.1) is 23.7 Å². The average molecular weight is 414 g/mol. The first kappa shape index (κ1) is 21.9. The van der Waals surface area contributed by atoms with E-state index in [9.17, 15) is 9.59 Å². The third-order valence-corrected chi connectivity index (χ3v) is 6.82. The van der Waals surface area contributed by atoms with Crippen molar-refractivity contribution in [3.63, 3.8) is 0 Å². The number of thiol groups is 1. The SMILES string of the molecule is C[C@H](CS)C(=O)O[C@@H](COC(C)(C)C)C(=O)ONC12CC3CC(CC(C3)C1)C2. The Morgan fingerprint density at radius 3 is 2.07 bits per heavy atom. The van der Waals surface area contributed by atoms with E-state index in [2.05, 4.69) is 18.1 Å². The van der Waals surface area contributed by atoms with Crippen molar-refractivity contribution in [2.24, 2.45) is 23.7 Å². The van der Waals surface area contributed by atoms with Crippen LogP contribution in [-0.4, -0.2) is 41.5 Å². The van der Waals surface area contributed by atoms with Gasteiger partial charge in [-0.3, -0.25) is 4.79 Å². The Balaban J connectivity index is 1.59. The normalized spacial score (nSPS) is 33.4. The molecule has 0 aromatic heterocycles. The smallest absolute Gasteiger partial charge is 0.368 e. The molecule has 28 heavy (non-hydrogen) atoms. The van der Waals surface area contributed by atoms with E-state index in [1.807, 2.05) is 20.8 Å². The van der Waals surface area contributed by atoms with Crippen LogP contribution in [0.4, 0.5) is 0 Å². The molecule has 0 spiro atoms. The quantitative estimate of drug-likeness (QED) is 0.361. The second-order valence-corrected chi connectivity index (χ2v) is 10.5. The molecule has 0 saturated heterocycles. The van der Waals surface area contributed by atoms with Gasteiger partial charge in [0.1, 0.15) is 0 Å². The lowest BCUT2D eigenvalue weighted by Crippen LogP contribution is -2.59. The molecule has 0 amide bonds. The zero-order valence-corrected chi connectivity index (χ0v) is 18.4. The van der Waals surface area contributed by atoms with Gasteiger partial charge in [0.25, 0.3) is 0 Å². The van der Waals surface area contributed by atoms with E-state index >= 15 is 0 Å². The summed E-state index contributed by atoms with van der Waals surface area (Å²) < 4.78 is 11.1. The maximum atomic E-state index is 12.7. The molecular formula is C21H35NO5S. The van der Waals surface area contributed by atoms with Gasteiger partial charge in [-0.1, -0.05) is 6.92 Å². The summed E-state index contributed by atoms with van der Waals surface area (Å²) in [7, 11) is 0. The van der Waals surface area contributed by atoms with Gasteiger partial charge in [-0.15, -0.1) is 5.48 Å². The lowest BCUT2D eigenvalue weighted by molar-refractivity contribution is -0.190. The van der Waals surface area contributed by atoms with Crippen LogP contribution in [0, 0.1) is 23.7 Å². The second-order valence-electron chi connectivity index (χ2n) is 10.2. The fraction of sp³-hybridized carbons (Fsp3) is 0.905. The highest BCUT2D eigenvalue weighted by Gasteiger charge is 2.52. The predicted octanol–water partition coefficient (Wildman–Crippen LogP) is 3.30. The zero-order valence-electron chi connectivity index (χ0n) is 17.5. The summed E-state index contributed by atoms with van der Waals surface area (Å²) in [5, 5.41) is 0. The summed E-state index contributed by atoms with van der Waals surface area (Å²) in [5.74, 6) is 1.12. The molecule has 4 aliphatic rings. The first-order valence-electron chi connectivity index (χ1n) is 10.5. The number of ether oxygens (including phenoxy) is 2. The highest BCUT2D eigenvalue weighted by atomic mass is 32.1. The number of hydroxylamine groups is 1. The van der Waals surface area contributed by atoms with Crippen molar-refractivity contribution in [3.05, 3.63) is 0 Å². The van der Waals surface area contributed by atoms with Gasteiger partial charge in [-0.25, -0.2) is 4.79 Å². The van der Waals surface area contributed by atoms with E-state index < -0.39 is 29.6 Å². The molecule has 160 valence electrons. The number of esters is 1. The molecule has 0 unspecified atom stereocenters. The molecule has 4 bridgehead atoms. The summed E-state index contributed by atoms with van der Waals surface area (Å²) in [6, 6.07) is 0. The second kappa shape index (κ2) is 8.52. The Kier molecular flexibility index (Phi) is 6.67. The molecule has 0 aromatic rings. The third-order valence-electron chi connectivity index (χ3n) is 6.27. The summed E-state index contributed by atoms with van der Waals surface area (Å²) in [6.07, 6.45) is 6.04. The average Bonchev–Trinajstić information content (AvgIpc) is 2.60. The first-order chi connectivity index (χ1) is 13.1. The topological polar surface area (TPSA) is 73.9 Å². The van der Waals surface area contributed by atoms with Gasteiger partial charge in [-0.05, 0) is 77.0 Å². The fourth-order valence-electron chi connectivity index (χ4n) is 5.27. The molecule has 4 fully saturated rings. The van der Waals surface area contributed by atoms with Crippen molar-refractivity contribution < 1.29 is 23.9 Å². The molecule has 1 N–H and O–H groups in total. The van der Waals surface area contributed by atoms with Gasteiger partial charge in [0.2, 0.25) is 6.10 Å². The number of carbonyl (C=O) groups is 2. The summed E-state index contributed by atoms with van der Waals surface area (Å²) in [4.78, 5) is 30.4. The third kappa shape index (κ3) is 5.42. The van der Waals surface area contributed by atoms with Gasteiger partial charge in [0.15, 0.2) is 0 Å². The standard InChI is InChI=1S/C21H35NO5S/c1-13(12-28)18(23)26-17(11-25-20(2,3)4)19(24)27-22-21-8-14-5-15(9-21)7-16(6-14)10-21/h13-17,22,28H,5-12H2,1-4H3/t13-,14?,15?,16?,17+,21?/m1/s1. The lowest BCUT2D eigenvalue weighted by Gasteiger charge is -2.56. The van der Waals surface area contributed by atoms with Crippen molar-refractivity contribution in [2.45, 2.75) is 83.5 Å². The Labute approximate surface area is 173 Å². The molecule has 0 radical (unpaired) electrons. The Morgan fingerprint density at radius 1 is 1.07 bits per heavy atom. The maximum absolute atomic E-state index is 12.7. The van der Waals surface area contributed by atoms with Crippen molar-refractivity contribution in [1.29, 1.82) is 0 Å². The van der Waals surface area contributed by atoms with E-state index in [-0.39, 0.29) is 12.1 Å². The van der Waals surface area contributed by atoms with Crippen LogP contribution in [0.1, 0.15) is 66.2 Å². The molecule has 0 aliphatic heterocycles. The molecule has 7 heteroatoms. The van der Waals surface area contributed by atoms with Gasteiger partial charge in [-0.2, -0.15) is 12.6 Å². The van der Waals surface area contributed by atoms with Crippen LogP contribution in [-0.2, 0) is 23.9 Å². The van der Waals surface area contributed by atoms with Crippen molar-refractivity contribution in [3.8, 4) is 0 Å². The van der Waals surface area contributed by atoms with Crippen LogP contribution in [0.15, 0.2) is 0 Å². The van der Waals surface area contributed by atoms with Gasteiger partial charge < -0.3 is 14.3 Å². The Hall–Kier alpha value is -0.790. The number of hydrogen-bond donors (Lipinski definition) is 2. The largest absolute Gasteiger partial charge is 0.447 e.